The third-order valence-electron chi connectivity index (χ3n) is 11.3. The Labute approximate surface area is 332 Å². The van der Waals surface area contributed by atoms with Gasteiger partial charge in [-0.25, -0.2) is 19.4 Å². The highest BCUT2D eigenvalue weighted by molar-refractivity contribution is 8.14. The van der Waals surface area contributed by atoms with E-state index in [0.29, 0.717) is 64.5 Å². The summed E-state index contributed by atoms with van der Waals surface area (Å²) in [6, 6.07) is 14.2. The number of thioether (sulfide) groups is 2. The van der Waals surface area contributed by atoms with Gasteiger partial charge in [-0.15, -0.1) is 0 Å². The molecule has 0 bridgehead atoms. The van der Waals surface area contributed by atoms with Crippen molar-refractivity contribution in [2.75, 3.05) is 24.6 Å². The first kappa shape index (κ1) is 39.5. The quantitative estimate of drug-likeness (QED) is 0.333. The van der Waals surface area contributed by atoms with Crippen LogP contribution in [0.15, 0.2) is 60.7 Å². The number of benzene rings is 2. The van der Waals surface area contributed by atoms with Crippen molar-refractivity contribution < 1.29 is 47.8 Å². The first-order valence-electron chi connectivity index (χ1n) is 19.1. The van der Waals surface area contributed by atoms with Gasteiger partial charge in [0, 0.05) is 36.4 Å². The van der Waals surface area contributed by atoms with Crippen LogP contribution >= 0.6 is 23.5 Å². The monoisotopic (exact) mass is 804 g/mol. The molecule has 6 amide bonds. The van der Waals surface area contributed by atoms with E-state index < -0.39 is 48.2 Å². The summed E-state index contributed by atoms with van der Waals surface area (Å²) in [6.45, 7) is 0.679. The second-order valence-corrected chi connectivity index (χ2v) is 16.8. The number of rotatable bonds is 10. The zero-order chi connectivity index (χ0) is 39.3. The summed E-state index contributed by atoms with van der Waals surface area (Å²) in [6.07, 6.45) is 2.05. The van der Waals surface area contributed by atoms with Gasteiger partial charge in [-0.2, -0.15) is 0 Å². The van der Waals surface area contributed by atoms with E-state index in [0.717, 1.165) is 44.5 Å². The Balaban J connectivity index is 0.921. The number of hydrogen-bond donors (Lipinski definition) is 0. The Morgan fingerprint density at radius 2 is 0.911 bits per heavy atom. The highest BCUT2D eigenvalue weighted by Gasteiger charge is 2.52. The second-order valence-electron chi connectivity index (χ2n) is 14.7. The fraction of sp³-hybridized carbons (Fsp3) is 0.500. The van der Waals surface area contributed by atoms with Crippen LogP contribution in [0.5, 0.6) is 0 Å². The molecule has 7 rings (SSSR count). The van der Waals surface area contributed by atoms with Crippen molar-refractivity contribution in [1.82, 2.24) is 19.6 Å². The van der Waals surface area contributed by atoms with E-state index in [-0.39, 0.29) is 58.6 Å². The molecule has 16 heteroatoms. The SMILES string of the molecule is O=C(SC[C@H]1C(=O)N2CCCC2C(=O)N1C(=O)OCc1ccccc1)C1CCC(C(=O)SC[C@H]2C(=O)N3CCCC3C(=O)N2C(=O)OCc2ccccc2)CC1. The first-order valence-corrected chi connectivity index (χ1v) is 21.1. The van der Waals surface area contributed by atoms with Crippen molar-refractivity contribution in [3.8, 4) is 0 Å². The molecule has 0 radical (unpaired) electrons. The molecule has 2 unspecified atom stereocenters. The summed E-state index contributed by atoms with van der Waals surface area (Å²) in [7, 11) is 0. The van der Waals surface area contributed by atoms with Gasteiger partial charge >= 0.3 is 12.2 Å². The fourth-order valence-corrected chi connectivity index (χ4v) is 10.4. The topological polar surface area (TPSA) is 168 Å². The number of nitrogens with zero attached hydrogens (tertiary/aromatic N) is 4. The molecule has 5 aliphatic rings. The second kappa shape index (κ2) is 17.6. The van der Waals surface area contributed by atoms with Crippen molar-refractivity contribution in [2.24, 2.45) is 11.8 Å². The van der Waals surface area contributed by atoms with Gasteiger partial charge in [0.25, 0.3) is 11.8 Å². The van der Waals surface area contributed by atoms with Crippen molar-refractivity contribution in [2.45, 2.75) is 88.7 Å². The maximum absolute atomic E-state index is 13.6. The zero-order valence-corrected chi connectivity index (χ0v) is 32.5. The molecule has 0 N–H and O–H groups in total. The third kappa shape index (κ3) is 8.36. The standard InChI is InChI=1S/C40H44N4O10S2/c45-33-31(43(35(47)29-13-7-19-41(29)33)39(51)53-21-25-9-3-1-4-10-25)23-55-37(49)27-15-17-28(18-16-27)38(50)56-24-32-34(46)42-20-8-14-30(42)36(48)44(32)40(52)54-22-26-11-5-2-6-12-26/h1-6,9-12,27-32H,7-8,13-24H2/t27?,28?,29?,30?,31-,32-/m0/s1. The molecule has 2 aromatic rings. The number of hydrogen-bond acceptors (Lipinski definition) is 12. The molecule has 4 atom stereocenters. The number of imide groups is 2. The highest BCUT2D eigenvalue weighted by atomic mass is 32.2. The Morgan fingerprint density at radius 1 is 0.536 bits per heavy atom. The van der Waals surface area contributed by atoms with Crippen LogP contribution in [-0.2, 0) is 51.5 Å². The zero-order valence-electron chi connectivity index (χ0n) is 30.8. The summed E-state index contributed by atoms with van der Waals surface area (Å²) in [5, 5.41) is -0.359. The minimum absolute atomic E-state index is 0.0708. The number of fused-ring (bicyclic) bond motifs is 2. The van der Waals surface area contributed by atoms with Crippen molar-refractivity contribution in [3.63, 3.8) is 0 Å². The van der Waals surface area contributed by atoms with E-state index in [4.69, 9.17) is 9.47 Å². The Bertz CT molecular complexity index is 1720. The van der Waals surface area contributed by atoms with E-state index in [1.165, 1.54) is 9.80 Å². The Kier molecular flexibility index (Phi) is 12.4. The van der Waals surface area contributed by atoms with Crippen LogP contribution < -0.4 is 0 Å². The summed E-state index contributed by atoms with van der Waals surface area (Å²) in [5.74, 6) is -2.73. The molecule has 56 heavy (non-hydrogen) atoms. The van der Waals surface area contributed by atoms with Crippen LogP contribution in [0.3, 0.4) is 0 Å². The molecule has 4 aliphatic heterocycles. The molecule has 4 heterocycles. The number of piperazine rings is 2. The molecule has 4 saturated heterocycles. The van der Waals surface area contributed by atoms with E-state index in [1.54, 1.807) is 48.5 Å². The molecule has 0 spiro atoms. The lowest BCUT2D eigenvalue weighted by Gasteiger charge is -2.40. The predicted octanol–water partition coefficient (Wildman–Crippen LogP) is 4.39. The van der Waals surface area contributed by atoms with E-state index >= 15 is 0 Å². The smallest absolute Gasteiger partial charge is 0.417 e. The molecule has 2 aromatic carbocycles. The van der Waals surface area contributed by atoms with Crippen LogP contribution in [0.1, 0.15) is 62.5 Å². The van der Waals surface area contributed by atoms with Gasteiger partial charge in [0.2, 0.25) is 11.8 Å². The molecule has 14 nitrogen and oxygen atoms in total. The average Bonchev–Trinajstić information content (AvgIpc) is 3.93. The minimum atomic E-state index is -1.18. The first-order chi connectivity index (χ1) is 27.1. The van der Waals surface area contributed by atoms with Crippen molar-refractivity contribution in [1.29, 1.82) is 0 Å². The summed E-state index contributed by atoms with van der Waals surface area (Å²) in [4.78, 5) is 112. The van der Waals surface area contributed by atoms with E-state index in [2.05, 4.69) is 0 Å². The molecule has 5 fully saturated rings. The average molecular weight is 805 g/mol. The largest absolute Gasteiger partial charge is 0.444 e. The summed E-state index contributed by atoms with van der Waals surface area (Å²) in [5.41, 5.74) is 1.46. The Morgan fingerprint density at radius 3 is 1.29 bits per heavy atom. The van der Waals surface area contributed by atoms with E-state index in [9.17, 15) is 38.4 Å². The van der Waals surface area contributed by atoms with Gasteiger partial charge in [-0.05, 0) is 62.5 Å². The van der Waals surface area contributed by atoms with Gasteiger partial charge in [0.05, 0.1) is 0 Å². The lowest BCUT2D eigenvalue weighted by molar-refractivity contribution is -0.156. The van der Waals surface area contributed by atoms with Gasteiger partial charge in [0.15, 0.2) is 10.2 Å². The van der Waals surface area contributed by atoms with Crippen molar-refractivity contribution >= 4 is 69.6 Å². The van der Waals surface area contributed by atoms with Gasteiger partial charge in [-0.1, -0.05) is 84.2 Å². The van der Waals surface area contributed by atoms with Crippen LogP contribution in [0.4, 0.5) is 9.59 Å². The van der Waals surface area contributed by atoms with Crippen LogP contribution in [-0.4, -0.2) is 114 Å². The maximum Gasteiger partial charge on any atom is 0.417 e. The molecule has 0 aromatic heterocycles. The number of carbonyl (C=O) groups is 8. The lowest BCUT2D eigenvalue weighted by Crippen LogP contribution is -2.65. The predicted molar refractivity (Wildman–Crippen MR) is 204 cm³/mol. The fourth-order valence-electron chi connectivity index (χ4n) is 8.23. The lowest BCUT2D eigenvalue weighted by atomic mass is 9.83. The molecule has 1 aliphatic carbocycles. The van der Waals surface area contributed by atoms with Crippen LogP contribution in [0, 0.1) is 11.8 Å². The number of ether oxygens (including phenoxy) is 2. The molecular weight excluding hydrogens is 761 g/mol. The van der Waals surface area contributed by atoms with Gasteiger partial charge < -0.3 is 19.3 Å². The summed E-state index contributed by atoms with van der Waals surface area (Å²) < 4.78 is 10.9. The minimum Gasteiger partial charge on any atom is -0.444 e. The Hall–Kier alpha value is -4.70. The van der Waals surface area contributed by atoms with Gasteiger partial charge in [-0.3, -0.25) is 28.8 Å². The number of amides is 6. The van der Waals surface area contributed by atoms with Crippen LogP contribution in [0.25, 0.3) is 0 Å². The third-order valence-corrected chi connectivity index (χ3v) is 13.5. The summed E-state index contributed by atoms with van der Waals surface area (Å²) >= 11 is 1.83. The highest BCUT2D eigenvalue weighted by Crippen LogP contribution is 2.37. The van der Waals surface area contributed by atoms with Gasteiger partial charge in [0.1, 0.15) is 37.4 Å². The van der Waals surface area contributed by atoms with Crippen molar-refractivity contribution in [3.05, 3.63) is 71.8 Å². The van der Waals surface area contributed by atoms with E-state index in [1.807, 2.05) is 12.1 Å². The molecular formula is C40H44N4O10S2. The van der Waals surface area contributed by atoms with Crippen LogP contribution in [0.2, 0.25) is 0 Å². The molecule has 296 valence electrons. The molecule has 1 saturated carbocycles. The normalized spacial score (nSPS) is 26.2. The maximum atomic E-state index is 13.6. The number of carbonyl (C=O) groups excluding carboxylic acids is 8.